The zero-order chi connectivity index (χ0) is 8.72. The molecule has 1 heterocycles. The van der Waals surface area contributed by atoms with Crippen molar-refractivity contribution in [3.8, 4) is 0 Å². The van der Waals surface area contributed by atoms with Gasteiger partial charge >= 0.3 is 0 Å². The van der Waals surface area contributed by atoms with Crippen LogP contribution in [0.2, 0.25) is 0 Å². The number of fused-ring (bicyclic) bond motifs is 1. The molecule has 0 unspecified atom stereocenters. The van der Waals surface area contributed by atoms with E-state index < -0.39 is 11.6 Å². The number of aromatic amines is 1. The highest BCUT2D eigenvalue weighted by atomic mass is 19.2. The average Bonchev–Trinajstić information content (AvgIpc) is 2.39. The number of aromatic nitrogens is 1. The van der Waals surface area contributed by atoms with E-state index in [9.17, 15) is 8.78 Å². The third-order valence-electron chi connectivity index (χ3n) is 1.82. The Morgan fingerprint density at radius 3 is 2.75 bits per heavy atom. The number of halogens is 2. The Labute approximate surface area is 68.0 Å². The number of aryl methyl sites for hydroxylation is 1. The molecule has 0 aliphatic heterocycles. The van der Waals surface area contributed by atoms with Crippen molar-refractivity contribution in [1.82, 2.24) is 4.98 Å². The van der Waals surface area contributed by atoms with Crippen LogP contribution < -0.4 is 0 Å². The average molecular weight is 167 g/mol. The van der Waals surface area contributed by atoms with Gasteiger partial charge in [-0.15, -0.1) is 0 Å². The molecule has 1 nitrogen and oxygen atoms in total. The first-order valence-corrected chi connectivity index (χ1v) is 3.62. The Kier molecular flexibility index (Phi) is 1.40. The number of nitrogens with one attached hydrogen (secondary N) is 1. The molecule has 0 bridgehead atoms. The number of benzene rings is 1. The first-order valence-electron chi connectivity index (χ1n) is 3.62. The van der Waals surface area contributed by atoms with E-state index in [0.717, 1.165) is 11.8 Å². The van der Waals surface area contributed by atoms with Crippen LogP contribution in [-0.4, -0.2) is 4.98 Å². The molecule has 2 rings (SSSR count). The Bertz CT molecular complexity index is 431. The minimum absolute atomic E-state index is 0.243. The molecule has 3 heteroatoms. The summed E-state index contributed by atoms with van der Waals surface area (Å²) >= 11 is 0. The van der Waals surface area contributed by atoms with Crippen molar-refractivity contribution in [2.45, 2.75) is 6.92 Å². The minimum Gasteiger partial charge on any atom is -0.356 e. The summed E-state index contributed by atoms with van der Waals surface area (Å²) in [4.78, 5) is 2.75. The minimum atomic E-state index is -0.815. The lowest BCUT2D eigenvalue weighted by molar-refractivity contribution is 0.515. The van der Waals surface area contributed by atoms with Crippen LogP contribution in [0.15, 0.2) is 18.2 Å². The molecule has 1 aromatic carbocycles. The van der Waals surface area contributed by atoms with E-state index in [0.29, 0.717) is 5.39 Å². The van der Waals surface area contributed by atoms with Crippen molar-refractivity contribution in [3.63, 3.8) is 0 Å². The molecule has 0 saturated carbocycles. The van der Waals surface area contributed by atoms with Gasteiger partial charge in [-0.05, 0) is 25.1 Å². The normalized spacial score (nSPS) is 10.9. The van der Waals surface area contributed by atoms with Gasteiger partial charge in [-0.25, -0.2) is 8.78 Å². The predicted octanol–water partition coefficient (Wildman–Crippen LogP) is 2.75. The van der Waals surface area contributed by atoms with E-state index in [2.05, 4.69) is 4.98 Å². The van der Waals surface area contributed by atoms with Gasteiger partial charge in [0.05, 0.1) is 5.52 Å². The van der Waals surface area contributed by atoms with Crippen molar-refractivity contribution in [3.05, 3.63) is 35.5 Å². The lowest BCUT2D eigenvalue weighted by Gasteiger charge is -1.92. The SMILES string of the molecule is Cc1cc2ccc(F)c(F)c2[nH]1. The molecule has 1 aromatic heterocycles. The highest BCUT2D eigenvalue weighted by molar-refractivity contribution is 5.80. The topological polar surface area (TPSA) is 15.8 Å². The van der Waals surface area contributed by atoms with Crippen molar-refractivity contribution >= 4 is 10.9 Å². The van der Waals surface area contributed by atoms with Gasteiger partial charge in [-0.2, -0.15) is 0 Å². The first kappa shape index (κ1) is 7.28. The summed E-state index contributed by atoms with van der Waals surface area (Å²) in [5.41, 5.74) is 1.07. The van der Waals surface area contributed by atoms with Gasteiger partial charge in [0.2, 0.25) is 0 Å². The van der Waals surface area contributed by atoms with Crippen LogP contribution in [0.5, 0.6) is 0 Å². The highest BCUT2D eigenvalue weighted by Gasteiger charge is 2.07. The fourth-order valence-electron chi connectivity index (χ4n) is 1.28. The van der Waals surface area contributed by atoms with Crippen LogP contribution in [0, 0.1) is 18.6 Å². The van der Waals surface area contributed by atoms with Crippen molar-refractivity contribution < 1.29 is 8.78 Å². The second-order valence-electron chi connectivity index (χ2n) is 2.78. The quantitative estimate of drug-likeness (QED) is 0.621. The summed E-state index contributed by atoms with van der Waals surface area (Å²) in [6.07, 6.45) is 0. The van der Waals surface area contributed by atoms with E-state index in [1.165, 1.54) is 0 Å². The van der Waals surface area contributed by atoms with E-state index in [4.69, 9.17) is 0 Å². The van der Waals surface area contributed by atoms with Gasteiger partial charge in [0.15, 0.2) is 11.6 Å². The van der Waals surface area contributed by atoms with Crippen molar-refractivity contribution in [2.24, 2.45) is 0 Å². The molecule has 0 aliphatic carbocycles. The number of hydrogen-bond acceptors (Lipinski definition) is 0. The van der Waals surface area contributed by atoms with Crippen LogP contribution in [0.25, 0.3) is 10.9 Å². The molecule has 0 fully saturated rings. The van der Waals surface area contributed by atoms with Gasteiger partial charge in [0.25, 0.3) is 0 Å². The molecule has 0 aliphatic rings. The third-order valence-corrected chi connectivity index (χ3v) is 1.82. The molecule has 0 radical (unpaired) electrons. The maximum absolute atomic E-state index is 13.0. The van der Waals surface area contributed by atoms with Crippen LogP contribution in [0.4, 0.5) is 8.78 Å². The van der Waals surface area contributed by atoms with Gasteiger partial charge < -0.3 is 4.98 Å². The number of rotatable bonds is 0. The summed E-state index contributed by atoms with van der Waals surface area (Å²) in [5.74, 6) is -1.62. The van der Waals surface area contributed by atoms with Gasteiger partial charge in [-0.1, -0.05) is 0 Å². The summed E-state index contributed by atoms with van der Waals surface area (Å²) in [7, 11) is 0. The molecular weight excluding hydrogens is 160 g/mol. The Balaban J connectivity index is 2.89. The van der Waals surface area contributed by atoms with Gasteiger partial charge in [0, 0.05) is 11.1 Å². The molecule has 62 valence electrons. The van der Waals surface area contributed by atoms with Gasteiger partial charge in [0.1, 0.15) is 0 Å². The van der Waals surface area contributed by atoms with Crippen LogP contribution in [0.1, 0.15) is 5.69 Å². The van der Waals surface area contributed by atoms with Crippen molar-refractivity contribution in [2.75, 3.05) is 0 Å². The van der Waals surface area contributed by atoms with Crippen LogP contribution >= 0.6 is 0 Å². The largest absolute Gasteiger partial charge is 0.356 e. The van der Waals surface area contributed by atoms with Crippen molar-refractivity contribution in [1.29, 1.82) is 0 Å². The fraction of sp³-hybridized carbons (Fsp3) is 0.111. The van der Waals surface area contributed by atoms with E-state index in [1.54, 1.807) is 19.1 Å². The smallest absolute Gasteiger partial charge is 0.182 e. The lowest BCUT2D eigenvalue weighted by atomic mass is 10.2. The monoisotopic (exact) mass is 167 g/mol. The maximum Gasteiger partial charge on any atom is 0.182 e. The summed E-state index contributed by atoms with van der Waals surface area (Å²) < 4.78 is 25.7. The molecule has 0 saturated heterocycles. The molecule has 12 heavy (non-hydrogen) atoms. The molecule has 2 aromatic rings. The number of H-pyrrole nitrogens is 1. The van der Waals surface area contributed by atoms with Gasteiger partial charge in [-0.3, -0.25) is 0 Å². The Morgan fingerprint density at radius 2 is 2.00 bits per heavy atom. The maximum atomic E-state index is 13.0. The standard InChI is InChI=1S/C9H7F2N/c1-5-4-6-2-3-7(10)8(11)9(6)12-5/h2-4,12H,1H3. The van der Waals surface area contributed by atoms with Crippen LogP contribution in [-0.2, 0) is 0 Å². The molecule has 1 N–H and O–H groups in total. The predicted molar refractivity (Wildman–Crippen MR) is 43.0 cm³/mol. The molecule has 0 spiro atoms. The fourth-order valence-corrected chi connectivity index (χ4v) is 1.28. The van der Waals surface area contributed by atoms with E-state index in [-0.39, 0.29) is 5.52 Å². The molecule has 0 amide bonds. The Hall–Kier alpha value is -1.38. The molecular formula is C9H7F2N. The number of hydrogen-bond donors (Lipinski definition) is 1. The molecule has 0 atom stereocenters. The van der Waals surface area contributed by atoms with Crippen LogP contribution in [0.3, 0.4) is 0 Å². The summed E-state index contributed by atoms with van der Waals surface area (Å²) in [6.45, 7) is 1.80. The second kappa shape index (κ2) is 2.30. The van der Waals surface area contributed by atoms with E-state index in [1.807, 2.05) is 0 Å². The summed E-state index contributed by atoms with van der Waals surface area (Å²) in [5, 5.41) is 0.700. The Morgan fingerprint density at radius 1 is 1.25 bits per heavy atom. The van der Waals surface area contributed by atoms with E-state index >= 15 is 0 Å². The highest BCUT2D eigenvalue weighted by Crippen LogP contribution is 2.20. The first-order chi connectivity index (χ1) is 5.68. The second-order valence-corrected chi connectivity index (χ2v) is 2.78. The summed E-state index contributed by atoms with van der Waals surface area (Å²) in [6, 6.07) is 4.46. The lowest BCUT2D eigenvalue weighted by Crippen LogP contribution is -1.84. The zero-order valence-electron chi connectivity index (χ0n) is 6.49. The zero-order valence-corrected chi connectivity index (χ0v) is 6.49. The third kappa shape index (κ3) is 0.897.